The monoisotopic (exact) mass is 286 g/mol. The molecule has 0 radical (unpaired) electrons. The zero-order chi connectivity index (χ0) is 12.6. The minimum atomic E-state index is 0.176. The Morgan fingerprint density at radius 3 is 2.59 bits per heavy atom. The van der Waals surface area contributed by atoms with Crippen molar-refractivity contribution in [3.8, 4) is 0 Å². The van der Waals surface area contributed by atoms with E-state index >= 15 is 0 Å². The summed E-state index contributed by atoms with van der Waals surface area (Å²) in [6.45, 7) is 4.05. The van der Waals surface area contributed by atoms with Crippen molar-refractivity contribution < 1.29 is 0 Å². The number of nitrogens with two attached hydrogens (primary N) is 1. The topological polar surface area (TPSA) is 38.9 Å². The smallest absolute Gasteiger partial charge is 0.180 e. The number of hydrogen-bond donors (Lipinski definition) is 1. The molecule has 1 unspecified atom stereocenters. The van der Waals surface area contributed by atoms with Crippen LogP contribution in [0.4, 0.5) is 5.13 Å². The molecule has 0 saturated heterocycles. The Kier molecular flexibility index (Phi) is 3.61. The summed E-state index contributed by atoms with van der Waals surface area (Å²) in [4.78, 5) is 5.38. The first kappa shape index (κ1) is 12.7. The summed E-state index contributed by atoms with van der Waals surface area (Å²) in [5.74, 6) is 0.176. The van der Waals surface area contributed by atoms with E-state index in [1.807, 2.05) is 19.1 Å². The molecule has 5 heteroatoms. The largest absolute Gasteiger partial charge is 0.375 e. The quantitative estimate of drug-likeness (QED) is 0.883. The lowest BCUT2D eigenvalue weighted by molar-refractivity contribution is 0.927. The van der Waals surface area contributed by atoms with E-state index in [1.54, 1.807) is 6.07 Å². The van der Waals surface area contributed by atoms with Gasteiger partial charge in [0.25, 0.3) is 0 Å². The second-order valence-corrected chi connectivity index (χ2v) is 5.80. The molecule has 1 heterocycles. The fraction of sp³-hybridized carbons (Fsp3) is 0.250. The fourth-order valence-corrected chi connectivity index (χ4v) is 3.30. The van der Waals surface area contributed by atoms with E-state index in [9.17, 15) is 0 Å². The van der Waals surface area contributed by atoms with Crippen molar-refractivity contribution in [1.29, 1.82) is 0 Å². The first-order valence-corrected chi connectivity index (χ1v) is 6.74. The molecule has 0 saturated carbocycles. The Labute approximate surface area is 114 Å². The van der Waals surface area contributed by atoms with E-state index in [0.717, 1.165) is 16.1 Å². The Balaban J connectivity index is 2.43. The minimum absolute atomic E-state index is 0.176. The third kappa shape index (κ3) is 2.57. The van der Waals surface area contributed by atoms with Crippen molar-refractivity contribution in [3.63, 3.8) is 0 Å². The van der Waals surface area contributed by atoms with Crippen LogP contribution in [0.15, 0.2) is 18.2 Å². The molecule has 0 amide bonds. The molecule has 0 spiro atoms. The van der Waals surface area contributed by atoms with Gasteiger partial charge in [-0.25, -0.2) is 4.98 Å². The number of halogens is 2. The predicted octanol–water partition coefficient (Wildman–Crippen LogP) is 4.49. The fourth-order valence-electron chi connectivity index (χ4n) is 1.83. The van der Waals surface area contributed by atoms with Crippen LogP contribution >= 0.6 is 34.5 Å². The molecule has 0 fully saturated rings. The zero-order valence-corrected chi connectivity index (χ0v) is 11.8. The lowest BCUT2D eigenvalue weighted by Gasteiger charge is -2.12. The molecule has 17 heavy (non-hydrogen) atoms. The Bertz CT molecular complexity index is 551. The molecule has 1 aromatic carbocycles. The highest BCUT2D eigenvalue weighted by molar-refractivity contribution is 7.15. The maximum Gasteiger partial charge on any atom is 0.180 e. The number of benzene rings is 1. The summed E-state index contributed by atoms with van der Waals surface area (Å²) < 4.78 is 0. The first-order chi connectivity index (χ1) is 7.99. The van der Waals surface area contributed by atoms with Gasteiger partial charge in [0.15, 0.2) is 5.13 Å². The van der Waals surface area contributed by atoms with Gasteiger partial charge in [0.2, 0.25) is 0 Å². The second kappa shape index (κ2) is 4.84. The van der Waals surface area contributed by atoms with Crippen molar-refractivity contribution in [2.75, 3.05) is 5.73 Å². The maximum atomic E-state index is 6.20. The number of nitrogen functional groups attached to an aromatic ring is 1. The lowest BCUT2D eigenvalue weighted by atomic mass is 9.98. The molecule has 0 aliphatic rings. The summed E-state index contributed by atoms with van der Waals surface area (Å²) in [7, 11) is 0. The summed E-state index contributed by atoms with van der Waals surface area (Å²) in [5, 5.41) is 1.91. The van der Waals surface area contributed by atoms with Gasteiger partial charge in [0.1, 0.15) is 0 Å². The highest BCUT2D eigenvalue weighted by Crippen LogP contribution is 2.36. The van der Waals surface area contributed by atoms with Crippen LogP contribution in [0.1, 0.15) is 29.0 Å². The van der Waals surface area contributed by atoms with Gasteiger partial charge in [0.05, 0.1) is 5.69 Å². The van der Waals surface area contributed by atoms with Crippen molar-refractivity contribution in [2.45, 2.75) is 19.8 Å². The van der Waals surface area contributed by atoms with Crippen LogP contribution in [0.3, 0.4) is 0 Å². The van der Waals surface area contributed by atoms with Gasteiger partial charge in [-0.05, 0) is 24.6 Å². The molecule has 2 N–H and O–H groups in total. The number of nitrogens with zero attached hydrogens (tertiary/aromatic N) is 1. The van der Waals surface area contributed by atoms with Crippen LogP contribution in [-0.2, 0) is 0 Å². The Morgan fingerprint density at radius 2 is 2.06 bits per heavy atom. The molecule has 1 aromatic heterocycles. The second-order valence-electron chi connectivity index (χ2n) is 3.89. The van der Waals surface area contributed by atoms with Crippen LogP contribution in [0.2, 0.25) is 10.0 Å². The number of anilines is 1. The van der Waals surface area contributed by atoms with Crippen LogP contribution in [0.25, 0.3) is 0 Å². The number of thiazole rings is 1. The third-order valence-electron chi connectivity index (χ3n) is 2.67. The molecular formula is C12H12Cl2N2S. The van der Waals surface area contributed by atoms with Gasteiger partial charge < -0.3 is 5.73 Å². The lowest BCUT2D eigenvalue weighted by Crippen LogP contribution is -1.96. The molecule has 0 aliphatic heterocycles. The van der Waals surface area contributed by atoms with Crippen molar-refractivity contribution in [3.05, 3.63) is 44.4 Å². The molecule has 2 rings (SSSR count). The summed E-state index contributed by atoms with van der Waals surface area (Å²) in [6.07, 6.45) is 0. The van der Waals surface area contributed by atoms with E-state index < -0.39 is 0 Å². The summed E-state index contributed by atoms with van der Waals surface area (Å²) in [5.41, 5.74) is 7.72. The Hall–Kier alpha value is -0.770. The molecule has 90 valence electrons. The molecule has 0 aliphatic carbocycles. The van der Waals surface area contributed by atoms with Crippen LogP contribution in [0, 0.1) is 6.92 Å². The van der Waals surface area contributed by atoms with Gasteiger partial charge in [0, 0.05) is 20.8 Å². The number of aromatic nitrogens is 1. The maximum absolute atomic E-state index is 6.20. The standard InChI is InChI=1S/C12H12Cl2N2S/c1-6(11-7(2)16-12(15)17-11)9-4-3-8(13)5-10(9)14/h3-6H,1-2H3,(H2,15,16). The van der Waals surface area contributed by atoms with Gasteiger partial charge in [-0.3, -0.25) is 0 Å². The van der Waals surface area contributed by atoms with Crippen molar-refractivity contribution in [1.82, 2.24) is 4.98 Å². The van der Waals surface area contributed by atoms with Crippen LogP contribution < -0.4 is 5.73 Å². The summed E-state index contributed by atoms with van der Waals surface area (Å²) >= 11 is 13.6. The van der Waals surface area contributed by atoms with Crippen molar-refractivity contribution in [2.24, 2.45) is 0 Å². The molecular weight excluding hydrogens is 275 g/mol. The number of aryl methyl sites for hydroxylation is 1. The van der Waals surface area contributed by atoms with Gasteiger partial charge in [-0.1, -0.05) is 36.2 Å². The van der Waals surface area contributed by atoms with Crippen molar-refractivity contribution >= 4 is 39.7 Å². The van der Waals surface area contributed by atoms with Gasteiger partial charge >= 0.3 is 0 Å². The van der Waals surface area contributed by atoms with E-state index in [2.05, 4.69) is 11.9 Å². The van der Waals surface area contributed by atoms with E-state index in [-0.39, 0.29) is 5.92 Å². The zero-order valence-electron chi connectivity index (χ0n) is 9.50. The normalized spacial score (nSPS) is 12.7. The number of hydrogen-bond acceptors (Lipinski definition) is 3. The highest BCUT2D eigenvalue weighted by atomic mass is 35.5. The molecule has 0 bridgehead atoms. The third-order valence-corrected chi connectivity index (χ3v) is 4.40. The van der Waals surface area contributed by atoms with E-state index in [0.29, 0.717) is 15.2 Å². The molecule has 2 nitrogen and oxygen atoms in total. The van der Waals surface area contributed by atoms with E-state index in [1.165, 1.54) is 11.3 Å². The molecule has 2 aromatic rings. The predicted molar refractivity (Wildman–Crippen MR) is 75.2 cm³/mol. The number of rotatable bonds is 2. The van der Waals surface area contributed by atoms with Gasteiger partial charge in [-0.15, -0.1) is 11.3 Å². The highest BCUT2D eigenvalue weighted by Gasteiger charge is 2.17. The molecule has 1 atom stereocenters. The average Bonchev–Trinajstić information content (AvgIpc) is 2.57. The van der Waals surface area contributed by atoms with Gasteiger partial charge in [-0.2, -0.15) is 0 Å². The van der Waals surface area contributed by atoms with E-state index in [4.69, 9.17) is 28.9 Å². The summed E-state index contributed by atoms with van der Waals surface area (Å²) in [6, 6.07) is 5.55. The first-order valence-electron chi connectivity index (χ1n) is 5.16. The Morgan fingerprint density at radius 1 is 1.35 bits per heavy atom. The van der Waals surface area contributed by atoms with Crippen LogP contribution in [0.5, 0.6) is 0 Å². The minimum Gasteiger partial charge on any atom is -0.375 e. The van der Waals surface area contributed by atoms with Crippen LogP contribution in [-0.4, -0.2) is 4.98 Å². The average molecular weight is 287 g/mol. The SMILES string of the molecule is Cc1nc(N)sc1C(C)c1ccc(Cl)cc1Cl.